The molecule has 1 heterocycles. The number of nitrogens with zero attached hydrogens (tertiary/aromatic N) is 1. The minimum atomic E-state index is -0.479. The molecule has 1 aromatic carbocycles. The first-order valence-electron chi connectivity index (χ1n) is 8.49. The molecule has 1 unspecified atom stereocenters. The van der Waals surface area contributed by atoms with E-state index in [0.717, 1.165) is 0 Å². The summed E-state index contributed by atoms with van der Waals surface area (Å²) in [6, 6.07) is 4.71. The lowest BCUT2D eigenvalue weighted by Crippen LogP contribution is -2.46. The van der Waals surface area contributed by atoms with Gasteiger partial charge in [-0.3, -0.25) is 14.4 Å². The highest BCUT2D eigenvalue weighted by Gasteiger charge is 2.29. The highest BCUT2D eigenvalue weighted by Crippen LogP contribution is 2.25. The molecule has 1 aliphatic heterocycles. The number of carbonyl (C=O) groups is 3. The van der Waals surface area contributed by atoms with E-state index in [9.17, 15) is 14.4 Å². The molecule has 1 saturated heterocycles. The summed E-state index contributed by atoms with van der Waals surface area (Å²) in [6.07, 6.45) is 1.14. The first-order chi connectivity index (χ1) is 12.3. The molecule has 0 bridgehead atoms. The summed E-state index contributed by atoms with van der Waals surface area (Å²) in [4.78, 5) is 38.1. The van der Waals surface area contributed by atoms with Crippen molar-refractivity contribution < 1.29 is 19.1 Å². The lowest BCUT2D eigenvalue weighted by atomic mass is 9.96. The highest BCUT2D eigenvalue weighted by molar-refractivity contribution is 6.42. The van der Waals surface area contributed by atoms with Crippen LogP contribution in [-0.2, 0) is 14.3 Å². The van der Waals surface area contributed by atoms with Crippen LogP contribution in [0.5, 0.6) is 0 Å². The third-order valence-corrected chi connectivity index (χ3v) is 4.76. The summed E-state index contributed by atoms with van der Waals surface area (Å²) in [5.74, 6) is -1.28. The topological polar surface area (TPSA) is 75.7 Å². The molecule has 0 saturated carbocycles. The Kier molecular flexibility index (Phi) is 7.29. The normalized spacial score (nSPS) is 17.1. The first kappa shape index (κ1) is 20.5. The SMILES string of the molecule is CC(C)OC(=O)CNC(=O)C1CCCN(C(=O)c2ccc(Cl)c(Cl)c2)C1. The van der Waals surface area contributed by atoms with Gasteiger partial charge in [0.15, 0.2) is 0 Å². The molecule has 1 fully saturated rings. The lowest BCUT2D eigenvalue weighted by Gasteiger charge is -2.32. The van der Waals surface area contributed by atoms with Gasteiger partial charge in [0.25, 0.3) is 5.91 Å². The van der Waals surface area contributed by atoms with Crippen LogP contribution >= 0.6 is 23.2 Å². The van der Waals surface area contributed by atoms with Crippen molar-refractivity contribution in [1.82, 2.24) is 10.2 Å². The van der Waals surface area contributed by atoms with Gasteiger partial charge in [-0.05, 0) is 44.9 Å². The number of nitrogens with one attached hydrogen (secondary N) is 1. The van der Waals surface area contributed by atoms with Gasteiger partial charge in [-0.2, -0.15) is 0 Å². The first-order valence-corrected chi connectivity index (χ1v) is 9.25. The van der Waals surface area contributed by atoms with Crippen molar-refractivity contribution in [3.05, 3.63) is 33.8 Å². The van der Waals surface area contributed by atoms with E-state index in [0.29, 0.717) is 41.5 Å². The van der Waals surface area contributed by atoms with Gasteiger partial charge in [-0.15, -0.1) is 0 Å². The van der Waals surface area contributed by atoms with Crippen LogP contribution in [0.4, 0.5) is 0 Å². The minimum Gasteiger partial charge on any atom is -0.462 e. The van der Waals surface area contributed by atoms with Crippen LogP contribution in [0.15, 0.2) is 18.2 Å². The summed E-state index contributed by atoms with van der Waals surface area (Å²) in [7, 11) is 0. The Balaban J connectivity index is 1.93. The molecule has 142 valence electrons. The Labute approximate surface area is 162 Å². The van der Waals surface area contributed by atoms with Gasteiger partial charge in [-0.1, -0.05) is 23.2 Å². The van der Waals surface area contributed by atoms with Crippen molar-refractivity contribution in [2.45, 2.75) is 32.8 Å². The van der Waals surface area contributed by atoms with Crippen LogP contribution in [0.3, 0.4) is 0 Å². The smallest absolute Gasteiger partial charge is 0.325 e. The van der Waals surface area contributed by atoms with E-state index in [4.69, 9.17) is 27.9 Å². The number of likely N-dealkylation sites (tertiary alicyclic amines) is 1. The second-order valence-corrected chi connectivity index (χ2v) is 7.29. The quantitative estimate of drug-likeness (QED) is 0.770. The largest absolute Gasteiger partial charge is 0.462 e. The van der Waals surface area contributed by atoms with Crippen molar-refractivity contribution in [1.29, 1.82) is 0 Å². The third-order valence-electron chi connectivity index (χ3n) is 4.02. The number of hydrogen-bond donors (Lipinski definition) is 1. The van der Waals surface area contributed by atoms with E-state index in [2.05, 4.69) is 5.32 Å². The number of ether oxygens (including phenoxy) is 1. The van der Waals surface area contributed by atoms with E-state index in [-0.39, 0.29) is 30.4 Å². The van der Waals surface area contributed by atoms with Gasteiger partial charge in [0.1, 0.15) is 6.54 Å². The second-order valence-electron chi connectivity index (χ2n) is 6.48. The van der Waals surface area contributed by atoms with Crippen molar-refractivity contribution >= 4 is 41.0 Å². The molecule has 1 aromatic rings. The molecule has 8 heteroatoms. The molecule has 1 N–H and O–H groups in total. The Morgan fingerprint density at radius 3 is 2.65 bits per heavy atom. The number of piperidine rings is 1. The number of halogens is 2. The number of carbonyl (C=O) groups excluding carboxylic acids is 3. The number of amides is 2. The fraction of sp³-hybridized carbons (Fsp3) is 0.500. The van der Waals surface area contributed by atoms with Crippen molar-refractivity contribution in [2.24, 2.45) is 5.92 Å². The minimum absolute atomic E-state index is 0.172. The van der Waals surface area contributed by atoms with E-state index in [1.54, 1.807) is 30.9 Å². The number of rotatable bonds is 5. The summed E-state index contributed by atoms with van der Waals surface area (Å²) in [5, 5.41) is 3.28. The number of benzene rings is 1. The summed E-state index contributed by atoms with van der Waals surface area (Å²) in [6.45, 7) is 4.18. The predicted octanol–water partition coefficient (Wildman–Crippen LogP) is 2.91. The van der Waals surface area contributed by atoms with Crippen LogP contribution in [0, 0.1) is 5.92 Å². The lowest BCUT2D eigenvalue weighted by molar-refractivity contribution is -0.147. The van der Waals surface area contributed by atoms with E-state index >= 15 is 0 Å². The molecule has 2 amide bonds. The van der Waals surface area contributed by atoms with Gasteiger partial charge in [0.2, 0.25) is 5.91 Å². The summed E-state index contributed by atoms with van der Waals surface area (Å²) >= 11 is 11.9. The molecular weight excluding hydrogens is 379 g/mol. The number of esters is 1. The maximum atomic E-state index is 12.6. The molecule has 1 atom stereocenters. The zero-order chi connectivity index (χ0) is 19.3. The van der Waals surface area contributed by atoms with Gasteiger partial charge in [0.05, 0.1) is 22.1 Å². The Hall–Kier alpha value is -1.79. The van der Waals surface area contributed by atoms with Gasteiger partial charge >= 0.3 is 5.97 Å². The molecule has 1 aliphatic rings. The van der Waals surface area contributed by atoms with Crippen LogP contribution in [0.1, 0.15) is 37.0 Å². The zero-order valence-electron chi connectivity index (χ0n) is 14.8. The molecule has 0 aromatic heterocycles. The predicted molar refractivity (Wildman–Crippen MR) is 99.3 cm³/mol. The second kappa shape index (κ2) is 9.24. The molecule has 0 radical (unpaired) electrons. The fourth-order valence-electron chi connectivity index (χ4n) is 2.80. The van der Waals surface area contributed by atoms with Crippen molar-refractivity contribution in [2.75, 3.05) is 19.6 Å². The van der Waals surface area contributed by atoms with Crippen LogP contribution in [0.2, 0.25) is 10.0 Å². The Morgan fingerprint density at radius 2 is 2.00 bits per heavy atom. The molecule has 0 spiro atoms. The number of hydrogen-bond acceptors (Lipinski definition) is 4. The summed E-state index contributed by atoms with van der Waals surface area (Å²) in [5.41, 5.74) is 0.431. The fourth-order valence-corrected chi connectivity index (χ4v) is 3.09. The van der Waals surface area contributed by atoms with E-state index < -0.39 is 5.97 Å². The Bertz CT molecular complexity index is 694. The molecule has 0 aliphatic carbocycles. The van der Waals surface area contributed by atoms with E-state index in [1.165, 1.54) is 6.07 Å². The van der Waals surface area contributed by atoms with Gasteiger partial charge in [0, 0.05) is 18.7 Å². The van der Waals surface area contributed by atoms with Crippen LogP contribution in [0.25, 0.3) is 0 Å². The molecule has 26 heavy (non-hydrogen) atoms. The average molecular weight is 401 g/mol. The Morgan fingerprint density at radius 1 is 1.27 bits per heavy atom. The highest BCUT2D eigenvalue weighted by atomic mass is 35.5. The van der Waals surface area contributed by atoms with Gasteiger partial charge < -0.3 is 15.0 Å². The summed E-state index contributed by atoms with van der Waals surface area (Å²) < 4.78 is 4.98. The maximum Gasteiger partial charge on any atom is 0.325 e. The van der Waals surface area contributed by atoms with Crippen molar-refractivity contribution in [3.63, 3.8) is 0 Å². The standard InChI is InChI=1S/C18H22Cl2N2O4/c1-11(2)26-16(23)9-21-17(24)13-4-3-7-22(10-13)18(25)12-5-6-14(19)15(20)8-12/h5-6,8,11,13H,3-4,7,9-10H2,1-2H3,(H,21,24). The molecular formula is C18H22Cl2N2O4. The molecule has 6 nitrogen and oxygen atoms in total. The van der Waals surface area contributed by atoms with Crippen molar-refractivity contribution in [3.8, 4) is 0 Å². The van der Waals surface area contributed by atoms with Crippen LogP contribution in [-0.4, -0.2) is 48.4 Å². The zero-order valence-corrected chi connectivity index (χ0v) is 16.3. The average Bonchev–Trinajstić information content (AvgIpc) is 2.61. The monoisotopic (exact) mass is 400 g/mol. The van der Waals surface area contributed by atoms with Gasteiger partial charge in [-0.25, -0.2) is 0 Å². The maximum absolute atomic E-state index is 12.6. The van der Waals surface area contributed by atoms with Crippen LogP contribution < -0.4 is 5.32 Å². The third kappa shape index (κ3) is 5.61. The van der Waals surface area contributed by atoms with E-state index in [1.807, 2.05) is 0 Å². The molecule has 2 rings (SSSR count).